The zero-order valence-electron chi connectivity index (χ0n) is 22.5. The Labute approximate surface area is 244 Å². The van der Waals surface area contributed by atoms with Gasteiger partial charge in [0.25, 0.3) is 5.91 Å². The molecule has 1 fully saturated rings. The van der Waals surface area contributed by atoms with Crippen LogP contribution in [0.1, 0.15) is 61.7 Å². The Kier molecular flexibility index (Phi) is 7.01. The molecule has 8 nitrogen and oxygen atoms in total. The van der Waals surface area contributed by atoms with Crippen molar-refractivity contribution in [3.05, 3.63) is 106 Å². The molecule has 0 spiro atoms. The lowest BCUT2D eigenvalue weighted by molar-refractivity contribution is -0.142. The van der Waals surface area contributed by atoms with Crippen molar-refractivity contribution in [3.8, 4) is 11.1 Å². The minimum absolute atomic E-state index is 0.0510. The lowest BCUT2D eigenvalue weighted by Gasteiger charge is -2.22. The van der Waals surface area contributed by atoms with E-state index < -0.39 is 82.5 Å². The van der Waals surface area contributed by atoms with Gasteiger partial charge in [0, 0.05) is 29.7 Å². The van der Waals surface area contributed by atoms with Crippen LogP contribution in [-0.2, 0) is 23.9 Å². The van der Waals surface area contributed by atoms with Gasteiger partial charge < -0.3 is 11.1 Å². The quantitative estimate of drug-likeness (QED) is 0.275. The molecule has 2 amide bonds. The number of rotatable bonds is 8. The number of nitrogens with one attached hydrogen (secondary N) is 1. The van der Waals surface area contributed by atoms with Gasteiger partial charge in [-0.15, -0.1) is 0 Å². The molecule has 3 N–H and O–H groups in total. The molecule has 44 heavy (non-hydrogen) atoms. The summed E-state index contributed by atoms with van der Waals surface area (Å²) in [6, 6.07) is 8.27. The van der Waals surface area contributed by atoms with E-state index in [1.54, 1.807) is 6.07 Å². The SMILES string of the molecule is NC(=O)c1cc(-c2cccnc2C(Cc2cc(F)cc(F)c2)NC(=O)Cn2nc(C(F)(F)F)c3c2C2CC2C3=O)ccc1F. The maximum Gasteiger partial charge on any atom is 0.435 e. The molecule has 2 aromatic heterocycles. The Morgan fingerprint density at radius 1 is 1.05 bits per heavy atom. The van der Waals surface area contributed by atoms with E-state index in [9.17, 15) is 40.7 Å². The number of hydrogen-bond donors (Lipinski definition) is 2. The molecule has 0 aliphatic heterocycles. The van der Waals surface area contributed by atoms with Gasteiger partial charge in [0.15, 0.2) is 11.5 Å². The third kappa shape index (κ3) is 5.31. The number of Topliss-reactive ketones (excluding diaryl/α,β-unsaturated/α-hetero) is 1. The van der Waals surface area contributed by atoms with Crippen LogP contribution in [0.4, 0.5) is 26.3 Å². The smallest absolute Gasteiger partial charge is 0.366 e. The molecule has 3 unspecified atom stereocenters. The van der Waals surface area contributed by atoms with Gasteiger partial charge in [0.2, 0.25) is 5.91 Å². The van der Waals surface area contributed by atoms with E-state index in [0.717, 1.165) is 22.9 Å². The number of primary amides is 1. The van der Waals surface area contributed by atoms with Crippen molar-refractivity contribution in [3.63, 3.8) is 0 Å². The Bertz CT molecular complexity index is 1830. The van der Waals surface area contributed by atoms with Crippen LogP contribution in [0, 0.1) is 23.4 Å². The first-order chi connectivity index (χ1) is 20.8. The fourth-order valence-electron chi connectivity index (χ4n) is 5.76. The van der Waals surface area contributed by atoms with Crippen LogP contribution in [0.25, 0.3) is 11.1 Å². The monoisotopic (exact) mass is 613 g/mol. The topological polar surface area (TPSA) is 120 Å². The summed E-state index contributed by atoms with van der Waals surface area (Å²) in [5, 5.41) is 6.24. The van der Waals surface area contributed by atoms with Gasteiger partial charge in [0.05, 0.1) is 28.6 Å². The van der Waals surface area contributed by atoms with Crippen LogP contribution in [0.5, 0.6) is 0 Å². The number of alkyl halides is 3. The molecule has 0 saturated heterocycles. The van der Waals surface area contributed by atoms with Gasteiger partial charge in [-0.3, -0.25) is 24.0 Å². The summed E-state index contributed by atoms with van der Waals surface area (Å²) in [6.45, 7) is -0.687. The average Bonchev–Trinajstić information content (AvgIpc) is 3.56. The summed E-state index contributed by atoms with van der Waals surface area (Å²) in [5.41, 5.74) is 3.92. The molecule has 2 aliphatic rings. The number of aromatic nitrogens is 3. The van der Waals surface area contributed by atoms with Gasteiger partial charge in [-0.05, 0) is 54.3 Å². The van der Waals surface area contributed by atoms with Crippen LogP contribution in [0.15, 0.2) is 54.7 Å². The molecule has 226 valence electrons. The van der Waals surface area contributed by atoms with Gasteiger partial charge >= 0.3 is 6.18 Å². The highest BCUT2D eigenvalue weighted by atomic mass is 19.4. The third-order valence-electron chi connectivity index (χ3n) is 7.69. The second-order valence-electron chi connectivity index (χ2n) is 10.7. The standard InChI is InChI=1S/C30H21F6N5O3/c31-15-6-13(7-16(32)10-15)8-22(25-17(2-1-5-38-25)14-3-4-21(33)20(9-14)29(37)44)39-23(42)12-41-26-18-11-19(18)27(43)24(26)28(40-41)30(34,35)36/h1-7,9-10,18-19,22H,8,11-12H2,(H2,37,44)(H,39,42). The predicted molar refractivity (Wildman–Crippen MR) is 142 cm³/mol. The Morgan fingerprint density at radius 3 is 2.45 bits per heavy atom. The Hall–Kier alpha value is -5.01. The Morgan fingerprint density at radius 2 is 1.77 bits per heavy atom. The van der Waals surface area contributed by atoms with Crippen LogP contribution < -0.4 is 11.1 Å². The zero-order valence-corrected chi connectivity index (χ0v) is 22.5. The Balaban J connectivity index is 1.37. The van der Waals surface area contributed by atoms with E-state index in [-0.39, 0.29) is 28.9 Å². The molecular weight excluding hydrogens is 592 g/mol. The highest BCUT2D eigenvalue weighted by Gasteiger charge is 2.58. The first-order valence-corrected chi connectivity index (χ1v) is 13.3. The first kappa shape index (κ1) is 29.1. The number of carbonyl (C=O) groups is 3. The predicted octanol–water partition coefficient (Wildman–Crippen LogP) is 4.88. The summed E-state index contributed by atoms with van der Waals surface area (Å²) in [6.07, 6.45) is -3.39. The number of benzene rings is 2. The van der Waals surface area contributed by atoms with Crippen molar-refractivity contribution in [2.75, 3.05) is 0 Å². The molecule has 14 heteroatoms. The summed E-state index contributed by atoms with van der Waals surface area (Å²) >= 11 is 0. The molecule has 4 aromatic rings. The second kappa shape index (κ2) is 10.6. The van der Waals surface area contributed by atoms with Gasteiger partial charge in [-0.25, -0.2) is 13.2 Å². The van der Waals surface area contributed by atoms with E-state index >= 15 is 0 Å². The van der Waals surface area contributed by atoms with Gasteiger partial charge in [0.1, 0.15) is 24.0 Å². The molecule has 2 aliphatic carbocycles. The molecule has 0 bridgehead atoms. The van der Waals surface area contributed by atoms with Crippen molar-refractivity contribution < 1.29 is 40.7 Å². The minimum Gasteiger partial charge on any atom is -0.366 e. The second-order valence-corrected chi connectivity index (χ2v) is 10.7. The number of nitrogens with two attached hydrogens (primary N) is 1. The van der Waals surface area contributed by atoms with E-state index in [0.29, 0.717) is 18.1 Å². The maximum absolute atomic E-state index is 14.2. The number of carbonyl (C=O) groups excluding carboxylic acids is 3. The maximum atomic E-state index is 14.2. The molecule has 0 radical (unpaired) electrons. The molecule has 2 heterocycles. The highest BCUT2D eigenvalue weighted by Crippen LogP contribution is 2.58. The zero-order chi connectivity index (χ0) is 31.5. The highest BCUT2D eigenvalue weighted by molar-refractivity contribution is 6.06. The average molecular weight is 614 g/mol. The number of halogens is 6. The summed E-state index contributed by atoms with van der Waals surface area (Å²) < 4.78 is 84.4. The normalized spacial score (nSPS) is 17.6. The van der Waals surface area contributed by atoms with Crippen molar-refractivity contribution in [1.82, 2.24) is 20.1 Å². The van der Waals surface area contributed by atoms with E-state index in [1.165, 1.54) is 24.4 Å². The summed E-state index contributed by atoms with van der Waals surface area (Å²) in [4.78, 5) is 42.0. The molecule has 1 saturated carbocycles. The van der Waals surface area contributed by atoms with Crippen molar-refractivity contribution in [2.45, 2.75) is 37.5 Å². The largest absolute Gasteiger partial charge is 0.435 e. The van der Waals surface area contributed by atoms with Crippen molar-refractivity contribution >= 4 is 17.6 Å². The number of fused-ring (bicyclic) bond motifs is 3. The lowest BCUT2D eigenvalue weighted by atomic mass is 9.94. The van der Waals surface area contributed by atoms with E-state index in [4.69, 9.17) is 5.73 Å². The number of pyridine rings is 1. The van der Waals surface area contributed by atoms with Crippen LogP contribution in [0.3, 0.4) is 0 Å². The fourth-order valence-corrected chi connectivity index (χ4v) is 5.76. The van der Waals surface area contributed by atoms with Crippen molar-refractivity contribution in [1.29, 1.82) is 0 Å². The first-order valence-electron chi connectivity index (χ1n) is 13.3. The lowest BCUT2D eigenvalue weighted by Crippen LogP contribution is -2.34. The minimum atomic E-state index is -4.91. The summed E-state index contributed by atoms with van der Waals surface area (Å²) in [7, 11) is 0. The number of amides is 2. The third-order valence-corrected chi connectivity index (χ3v) is 7.69. The van der Waals surface area contributed by atoms with E-state index in [2.05, 4.69) is 15.4 Å². The van der Waals surface area contributed by atoms with Crippen LogP contribution in [0.2, 0.25) is 0 Å². The molecule has 6 rings (SSSR count). The molecular formula is C30H21F6N5O3. The number of hydrogen-bond acceptors (Lipinski definition) is 5. The summed E-state index contributed by atoms with van der Waals surface area (Å²) in [5.74, 6) is -6.16. The number of nitrogens with zero attached hydrogens (tertiary/aromatic N) is 3. The number of ketones is 1. The van der Waals surface area contributed by atoms with E-state index in [1.807, 2.05) is 0 Å². The fraction of sp³-hybridized carbons (Fsp3) is 0.233. The molecule has 2 aromatic carbocycles. The van der Waals surface area contributed by atoms with Gasteiger partial charge in [-0.2, -0.15) is 18.3 Å². The van der Waals surface area contributed by atoms with Crippen molar-refractivity contribution in [2.24, 2.45) is 11.7 Å². The van der Waals surface area contributed by atoms with Crippen LogP contribution >= 0.6 is 0 Å². The van der Waals surface area contributed by atoms with Crippen LogP contribution in [-0.4, -0.2) is 32.4 Å². The molecule has 3 atom stereocenters. The van der Waals surface area contributed by atoms with Gasteiger partial charge in [-0.1, -0.05) is 12.1 Å².